The molecule has 21 heavy (non-hydrogen) atoms. The van der Waals surface area contributed by atoms with Crippen LogP contribution in [0.2, 0.25) is 0 Å². The van der Waals surface area contributed by atoms with E-state index in [2.05, 4.69) is 58.9 Å². The van der Waals surface area contributed by atoms with Crippen LogP contribution in [0.15, 0.2) is 28.7 Å². The lowest BCUT2D eigenvalue weighted by Gasteiger charge is -2.40. The molecule has 2 unspecified atom stereocenters. The molecule has 1 aromatic carbocycles. The van der Waals surface area contributed by atoms with Crippen molar-refractivity contribution < 1.29 is 4.74 Å². The Morgan fingerprint density at radius 1 is 1.33 bits per heavy atom. The summed E-state index contributed by atoms with van der Waals surface area (Å²) in [5, 5.41) is 0. The molecule has 1 aliphatic heterocycles. The van der Waals surface area contributed by atoms with Crippen LogP contribution in [0.25, 0.3) is 0 Å². The Morgan fingerprint density at radius 3 is 2.62 bits per heavy atom. The summed E-state index contributed by atoms with van der Waals surface area (Å²) in [4.78, 5) is 2.53. The van der Waals surface area contributed by atoms with Crippen molar-refractivity contribution in [3.8, 4) is 0 Å². The van der Waals surface area contributed by atoms with Crippen molar-refractivity contribution in [2.75, 3.05) is 19.7 Å². The first-order valence-electron chi connectivity index (χ1n) is 8.02. The van der Waals surface area contributed by atoms with Crippen molar-refractivity contribution in [3.63, 3.8) is 0 Å². The number of nitrogens with zero attached hydrogens (tertiary/aromatic N) is 1. The molecule has 0 aliphatic carbocycles. The first kappa shape index (κ1) is 16.9. The van der Waals surface area contributed by atoms with Crippen molar-refractivity contribution in [2.24, 2.45) is 5.73 Å². The summed E-state index contributed by atoms with van der Waals surface area (Å²) in [6.07, 6.45) is 3.62. The number of ether oxygens (including phenoxy) is 1. The standard InChI is InChI=1S/C17H27BrN2O/c1-3-16(19)17(13-6-5-7-14(18)12-13)20-10-8-15(9-11-20)21-4-2/h5-7,12,15-17H,3-4,8-11,19H2,1-2H3. The van der Waals surface area contributed by atoms with Crippen LogP contribution in [0.5, 0.6) is 0 Å². The quantitative estimate of drug-likeness (QED) is 0.845. The fourth-order valence-corrected chi connectivity index (χ4v) is 3.62. The first-order valence-corrected chi connectivity index (χ1v) is 8.81. The number of nitrogens with two attached hydrogens (primary N) is 1. The Kier molecular flexibility index (Phi) is 6.68. The summed E-state index contributed by atoms with van der Waals surface area (Å²) in [6.45, 7) is 7.19. The fourth-order valence-electron chi connectivity index (χ4n) is 3.20. The maximum atomic E-state index is 6.44. The van der Waals surface area contributed by atoms with Crippen LogP contribution in [0, 0.1) is 0 Å². The predicted octanol–water partition coefficient (Wildman–Crippen LogP) is 3.73. The molecule has 0 bridgehead atoms. The molecule has 0 saturated carbocycles. The van der Waals surface area contributed by atoms with E-state index in [0.717, 1.165) is 43.4 Å². The molecule has 118 valence electrons. The molecular weight excluding hydrogens is 328 g/mol. The summed E-state index contributed by atoms with van der Waals surface area (Å²) in [5.74, 6) is 0. The lowest BCUT2D eigenvalue weighted by Crippen LogP contribution is -2.46. The monoisotopic (exact) mass is 354 g/mol. The molecule has 0 spiro atoms. The molecule has 1 saturated heterocycles. The van der Waals surface area contributed by atoms with Gasteiger partial charge in [-0.1, -0.05) is 35.0 Å². The molecule has 1 heterocycles. The van der Waals surface area contributed by atoms with Crippen LogP contribution >= 0.6 is 15.9 Å². The third-order valence-corrected chi connectivity index (χ3v) is 4.83. The maximum Gasteiger partial charge on any atom is 0.0599 e. The lowest BCUT2D eigenvalue weighted by atomic mass is 9.94. The van der Waals surface area contributed by atoms with Gasteiger partial charge in [-0.05, 0) is 43.9 Å². The summed E-state index contributed by atoms with van der Waals surface area (Å²) < 4.78 is 6.88. The number of piperidine rings is 1. The average molecular weight is 355 g/mol. The molecular formula is C17H27BrN2O. The minimum atomic E-state index is 0.169. The van der Waals surface area contributed by atoms with Crippen molar-refractivity contribution in [2.45, 2.75) is 51.3 Å². The van der Waals surface area contributed by atoms with Crippen molar-refractivity contribution in [1.29, 1.82) is 0 Å². The first-order chi connectivity index (χ1) is 10.2. The molecule has 1 fully saturated rings. The van der Waals surface area contributed by atoms with Crippen LogP contribution in [0.3, 0.4) is 0 Å². The minimum absolute atomic E-state index is 0.169. The second-order valence-corrected chi connectivity index (χ2v) is 6.68. The zero-order valence-corrected chi connectivity index (χ0v) is 14.7. The Morgan fingerprint density at radius 2 is 2.05 bits per heavy atom. The van der Waals surface area contributed by atoms with E-state index in [1.54, 1.807) is 0 Å². The molecule has 0 radical (unpaired) electrons. The van der Waals surface area contributed by atoms with Crippen LogP contribution in [-0.4, -0.2) is 36.7 Å². The zero-order valence-electron chi connectivity index (χ0n) is 13.1. The third kappa shape index (κ3) is 4.52. The summed E-state index contributed by atoms with van der Waals surface area (Å²) >= 11 is 3.58. The van der Waals surface area contributed by atoms with Crippen molar-refractivity contribution in [3.05, 3.63) is 34.3 Å². The van der Waals surface area contributed by atoms with E-state index in [0.29, 0.717) is 12.1 Å². The highest BCUT2D eigenvalue weighted by Gasteiger charge is 2.29. The Balaban J connectivity index is 2.11. The van der Waals surface area contributed by atoms with Gasteiger partial charge >= 0.3 is 0 Å². The van der Waals surface area contributed by atoms with Crippen LogP contribution in [0.4, 0.5) is 0 Å². The normalized spacial score (nSPS) is 20.4. The van der Waals surface area contributed by atoms with E-state index >= 15 is 0 Å². The van der Waals surface area contributed by atoms with Gasteiger partial charge < -0.3 is 10.5 Å². The smallest absolute Gasteiger partial charge is 0.0599 e. The van der Waals surface area contributed by atoms with Crippen LogP contribution in [-0.2, 0) is 4.74 Å². The van der Waals surface area contributed by atoms with Gasteiger partial charge in [0.1, 0.15) is 0 Å². The van der Waals surface area contributed by atoms with E-state index in [1.165, 1.54) is 5.56 Å². The van der Waals surface area contributed by atoms with Gasteiger partial charge in [0.15, 0.2) is 0 Å². The number of hydrogen-bond donors (Lipinski definition) is 1. The molecule has 2 rings (SSSR count). The predicted molar refractivity (Wildman–Crippen MR) is 91.4 cm³/mol. The summed E-state index contributed by atoms with van der Waals surface area (Å²) in [5.41, 5.74) is 7.75. The van der Waals surface area contributed by atoms with Gasteiger partial charge in [0.05, 0.1) is 6.10 Å². The molecule has 0 amide bonds. The van der Waals surface area contributed by atoms with E-state index < -0.39 is 0 Å². The molecule has 3 nitrogen and oxygen atoms in total. The van der Waals surface area contributed by atoms with Gasteiger partial charge in [0, 0.05) is 36.3 Å². The highest BCUT2D eigenvalue weighted by atomic mass is 79.9. The SMILES string of the molecule is CCOC1CCN(C(c2cccc(Br)c2)C(N)CC)CC1. The Hall–Kier alpha value is -0.420. The maximum absolute atomic E-state index is 6.44. The highest BCUT2D eigenvalue weighted by molar-refractivity contribution is 9.10. The summed E-state index contributed by atoms with van der Waals surface area (Å²) in [6, 6.07) is 9.04. The number of benzene rings is 1. The molecule has 2 atom stereocenters. The van der Waals surface area contributed by atoms with Gasteiger partial charge in [0.25, 0.3) is 0 Å². The highest BCUT2D eigenvalue weighted by Crippen LogP contribution is 2.30. The van der Waals surface area contributed by atoms with E-state index in [-0.39, 0.29) is 6.04 Å². The second kappa shape index (κ2) is 8.28. The second-order valence-electron chi connectivity index (χ2n) is 5.76. The Labute approximate surface area is 137 Å². The third-order valence-electron chi connectivity index (χ3n) is 4.34. The van der Waals surface area contributed by atoms with Crippen LogP contribution in [0.1, 0.15) is 44.7 Å². The zero-order chi connectivity index (χ0) is 15.2. The number of rotatable bonds is 6. The molecule has 1 aromatic rings. The van der Waals surface area contributed by atoms with Gasteiger partial charge in [-0.2, -0.15) is 0 Å². The molecule has 0 aromatic heterocycles. The van der Waals surface area contributed by atoms with Gasteiger partial charge in [-0.3, -0.25) is 4.90 Å². The van der Waals surface area contributed by atoms with Crippen LogP contribution < -0.4 is 5.73 Å². The van der Waals surface area contributed by atoms with E-state index in [4.69, 9.17) is 10.5 Å². The van der Waals surface area contributed by atoms with Crippen molar-refractivity contribution >= 4 is 15.9 Å². The molecule has 1 aliphatic rings. The number of hydrogen-bond acceptors (Lipinski definition) is 3. The van der Waals surface area contributed by atoms with E-state index in [1.807, 2.05) is 0 Å². The molecule has 4 heteroatoms. The minimum Gasteiger partial charge on any atom is -0.378 e. The summed E-state index contributed by atoms with van der Waals surface area (Å²) in [7, 11) is 0. The van der Waals surface area contributed by atoms with E-state index in [9.17, 15) is 0 Å². The van der Waals surface area contributed by atoms with Crippen molar-refractivity contribution in [1.82, 2.24) is 4.90 Å². The van der Waals surface area contributed by atoms with Gasteiger partial charge in [-0.15, -0.1) is 0 Å². The topological polar surface area (TPSA) is 38.5 Å². The lowest BCUT2D eigenvalue weighted by molar-refractivity contribution is 0.000340. The average Bonchev–Trinajstić information content (AvgIpc) is 2.49. The number of halogens is 1. The number of likely N-dealkylation sites (tertiary alicyclic amines) is 1. The molecule has 2 N–H and O–H groups in total. The van der Waals surface area contributed by atoms with Gasteiger partial charge in [-0.25, -0.2) is 0 Å². The Bertz CT molecular complexity index is 433. The fraction of sp³-hybridized carbons (Fsp3) is 0.647. The largest absolute Gasteiger partial charge is 0.378 e. The van der Waals surface area contributed by atoms with Gasteiger partial charge in [0.2, 0.25) is 0 Å².